The summed E-state index contributed by atoms with van der Waals surface area (Å²) in [7, 11) is 0. The van der Waals surface area contributed by atoms with Crippen molar-refractivity contribution >= 4 is 125 Å². The third-order valence-corrected chi connectivity index (χ3v) is 18.1. The van der Waals surface area contributed by atoms with E-state index in [1.54, 1.807) is 0 Å². The lowest BCUT2D eigenvalue weighted by Crippen LogP contribution is -2.29. The Morgan fingerprint density at radius 1 is 0.370 bits per heavy atom. The van der Waals surface area contributed by atoms with Crippen molar-refractivity contribution in [2.45, 2.75) is 33.6 Å². The van der Waals surface area contributed by atoms with Crippen LogP contribution in [0, 0.1) is 11.3 Å². The molecule has 0 radical (unpaired) electrons. The maximum absolute atomic E-state index is 2.59. The number of anilines is 6. The molecule has 2 heterocycles. The van der Waals surface area contributed by atoms with Crippen LogP contribution in [-0.4, -0.2) is 0 Å². The molecule has 0 fully saturated rings. The Bertz CT molecular complexity index is 4090. The van der Waals surface area contributed by atoms with Gasteiger partial charge in [-0.3, -0.25) is 0 Å². The van der Waals surface area contributed by atoms with Crippen LogP contribution in [-0.2, 0) is 0 Å². The first-order valence-corrected chi connectivity index (χ1v) is 27.2. The second kappa shape index (κ2) is 17.1. The van der Waals surface area contributed by atoms with Crippen LogP contribution in [0.5, 0.6) is 0 Å². The molecule has 2 nitrogen and oxygen atoms in total. The lowest BCUT2D eigenvalue weighted by molar-refractivity contribution is 0.275. The minimum atomic E-state index is 0.0947. The predicted octanol–water partition coefficient (Wildman–Crippen LogP) is 20.3. The van der Waals surface area contributed by atoms with Gasteiger partial charge in [-0.25, -0.2) is 0 Å². The van der Waals surface area contributed by atoms with Gasteiger partial charge in [0.05, 0.1) is 32.1 Å². The molecule has 11 aromatic carbocycles. The molecule has 0 aliphatic heterocycles. The lowest BCUT2D eigenvalue weighted by atomic mass is 9.68. The zero-order chi connectivity index (χ0) is 49.0. The van der Waals surface area contributed by atoms with Crippen molar-refractivity contribution < 1.29 is 0 Å². The molecule has 4 heteroatoms. The number of rotatable bonds is 8. The molecular formula is C69H52N2S2. The molecule has 14 rings (SSSR count). The first kappa shape index (κ1) is 43.7. The van der Waals surface area contributed by atoms with Gasteiger partial charge in [0.15, 0.2) is 0 Å². The number of hydrogen-bond acceptors (Lipinski definition) is 4. The van der Waals surface area contributed by atoms with Gasteiger partial charge in [-0.15, -0.1) is 22.7 Å². The van der Waals surface area contributed by atoms with E-state index in [1.165, 1.54) is 106 Å². The largest absolute Gasteiger partial charge is 0.308 e. The van der Waals surface area contributed by atoms with Gasteiger partial charge in [0, 0.05) is 58.5 Å². The summed E-state index contributed by atoms with van der Waals surface area (Å²) in [5, 5.41) is 11.6. The standard InChI is InChI=1S/C69H52N2S2/c1-43-51-39-40-57-62(71(50-36-31-47(32-37-50)45-19-9-6-10-20-45)60-26-16-24-55-53-22-12-14-28-64(53)73-68(55)60)42-61(56-38-33-48(65(51)66(56)57)41-58(43)69(2,3)4)70(49-34-29-46(30-35-49)44-17-7-5-8-18-44)59-25-15-23-54-52-21-11-13-27-63(52)72-67(54)59/h5-43,58H,1-4H3. The van der Waals surface area contributed by atoms with Crippen molar-refractivity contribution in [1.29, 1.82) is 0 Å². The summed E-state index contributed by atoms with van der Waals surface area (Å²) in [4.78, 5) is 5.15. The van der Waals surface area contributed by atoms with E-state index in [2.05, 4.69) is 268 Å². The Hall–Kier alpha value is -8.02. The van der Waals surface area contributed by atoms with Crippen molar-refractivity contribution in [1.82, 2.24) is 0 Å². The van der Waals surface area contributed by atoms with E-state index in [9.17, 15) is 0 Å². The maximum atomic E-state index is 2.59. The van der Waals surface area contributed by atoms with Gasteiger partial charge in [-0.05, 0) is 110 Å². The van der Waals surface area contributed by atoms with Crippen LogP contribution in [0.2, 0.25) is 0 Å². The highest BCUT2D eigenvalue weighted by Gasteiger charge is 2.34. The molecule has 350 valence electrons. The van der Waals surface area contributed by atoms with Gasteiger partial charge in [0.2, 0.25) is 0 Å². The second-order valence-corrected chi connectivity index (χ2v) is 23.0. The molecule has 1 aliphatic carbocycles. The summed E-state index contributed by atoms with van der Waals surface area (Å²) in [6.07, 6.45) is 2.59. The number of benzene rings is 11. The molecule has 2 aromatic heterocycles. The van der Waals surface area contributed by atoms with Crippen LogP contribution in [0.1, 0.15) is 39.2 Å². The van der Waals surface area contributed by atoms with Crippen LogP contribution < -0.4 is 15.0 Å². The molecule has 13 aromatic rings. The maximum Gasteiger partial charge on any atom is 0.0640 e. The molecule has 0 saturated carbocycles. The zero-order valence-electron chi connectivity index (χ0n) is 41.3. The van der Waals surface area contributed by atoms with Crippen molar-refractivity contribution in [3.8, 4) is 22.3 Å². The summed E-state index contributed by atoms with van der Waals surface area (Å²) in [6, 6.07) is 83.8. The summed E-state index contributed by atoms with van der Waals surface area (Å²) in [6.45, 7) is 9.65. The predicted molar refractivity (Wildman–Crippen MR) is 319 cm³/mol. The number of thiophene rings is 2. The lowest BCUT2D eigenvalue weighted by Gasteiger charge is -2.37. The van der Waals surface area contributed by atoms with E-state index >= 15 is 0 Å². The van der Waals surface area contributed by atoms with E-state index in [-0.39, 0.29) is 5.41 Å². The third-order valence-electron chi connectivity index (χ3n) is 15.6. The number of nitrogens with zero attached hydrogens (tertiary/aromatic N) is 2. The van der Waals surface area contributed by atoms with E-state index in [0.29, 0.717) is 11.8 Å². The van der Waals surface area contributed by atoms with E-state index in [4.69, 9.17) is 0 Å². The van der Waals surface area contributed by atoms with Gasteiger partial charge in [-0.2, -0.15) is 0 Å². The number of fused-ring (bicyclic) bond motifs is 6. The summed E-state index contributed by atoms with van der Waals surface area (Å²) >= 11 is 3.78. The molecule has 0 spiro atoms. The molecule has 1 aliphatic rings. The summed E-state index contributed by atoms with van der Waals surface area (Å²) in [5.74, 6) is 0.717. The van der Waals surface area contributed by atoms with E-state index in [1.807, 2.05) is 22.7 Å². The highest BCUT2D eigenvalue weighted by molar-refractivity contribution is 7.26. The quantitative estimate of drug-likeness (QED) is 0.150. The number of hydrogen-bond donors (Lipinski definition) is 0. The van der Waals surface area contributed by atoms with Gasteiger partial charge in [0.25, 0.3) is 0 Å². The van der Waals surface area contributed by atoms with Gasteiger partial charge in [0.1, 0.15) is 0 Å². The fourth-order valence-electron chi connectivity index (χ4n) is 12.2. The van der Waals surface area contributed by atoms with Crippen molar-refractivity contribution in [2.75, 3.05) is 9.80 Å². The summed E-state index contributed by atoms with van der Waals surface area (Å²) < 4.78 is 5.12. The molecule has 0 amide bonds. The van der Waals surface area contributed by atoms with Gasteiger partial charge >= 0.3 is 0 Å². The average Bonchev–Trinajstić information content (AvgIpc) is 4.02. The first-order valence-electron chi connectivity index (χ1n) is 25.5. The van der Waals surface area contributed by atoms with Crippen molar-refractivity contribution in [3.63, 3.8) is 0 Å². The summed E-state index contributed by atoms with van der Waals surface area (Å²) in [5.41, 5.74) is 13.1. The SMILES string of the molecule is CC1c2ccc3c(N(c4ccc(-c5ccccc5)cc4)c4cccc5c4sc4ccccc45)cc(N(c4ccc(-c5ccccc5)cc4)c4cccc5c4sc4ccccc45)c4ccc(c2c34)=CC1C(C)(C)C. The highest BCUT2D eigenvalue weighted by atomic mass is 32.1. The Kier molecular flexibility index (Phi) is 10.2. The van der Waals surface area contributed by atoms with Gasteiger partial charge in [-0.1, -0.05) is 204 Å². The molecule has 0 N–H and O–H groups in total. The van der Waals surface area contributed by atoms with E-state index < -0.39 is 0 Å². The van der Waals surface area contributed by atoms with Crippen LogP contribution in [0.4, 0.5) is 34.1 Å². The highest BCUT2D eigenvalue weighted by Crippen LogP contribution is 2.54. The molecule has 0 bridgehead atoms. The van der Waals surface area contributed by atoms with Crippen LogP contribution >= 0.6 is 22.7 Å². The monoisotopic (exact) mass is 972 g/mol. The van der Waals surface area contributed by atoms with Crippen LogP contribution in [0.25, 0.3) is 90.2 Å². The van der Waals surface area contributed by atoms with E-state index in [0.717, 1.165) is 22.7 Å². The van der Waals surface area contributed by atoms with Crippen LogP contribution in [0.15, 0.2) is 224 Å². The van der Waals surface area contributed by atoms with Crippen LogP contribution in [0.3, 0.4) is 0 Å². The Balaban J connectivity index is 1.12. The molecular weight excluding hydrogens is 921 g/mol. The zero-order valence-corrected chi connectivity index (χ0v) is 42.9. The van der Waals surface area contributed by atoms with Crippen molar-refractivity contribution in [2.24, 2.45) is 11.3 Å². The molecule has 2 unspecified atom stereocenters. The first-order chi connectivity index (χ1) is 35.8. The Labute approximate surface area is 434 Å². The minimum Gasteiger partial charge on any atom is -0.308 e. The fourth-order valence-corrected chi connectivity index (χ4v) is 14.6. The van der Waals surface area contributed by atoms with Gasteiger partial charge < -0.3 is 9.80 Å². The normalized spacial score (nSPS) is 14.7. The smallest absolute Gasteiger partial charge is 0.0640 e. The minimum absolute atomic E-state index is 0.0947. The Morgan fingerprint density at radius 3 is 1.30 bits per heavy atom. The fraction of sp³-hybridized carbons (Fsp3) is 0.101. The topological polar surface area (TPSA) is 6.48 Å². The van der Waals surface area contributed by atoms with Crippen molar-refractivity contribution in [3.05, 3.63) is 235 Å². The molecule has 0 saturated heterocycles. The molecule has 73 heavy (non-hydrogen) atoms. The third kappa shape index (κ3) is 7.11. The average molecular weight is 973 g/mol. The second-order valence-electron chi connectivity index (χ2n) is 20.9. The molecule has 2 atom stereocenters. The Morgan fingerprint density at radius 2 is 0.808 bits per heavy atom.